The van der Waals surface area contributed by atoms with E-state index in [2.05, 4.69) is 24.4 Å². The minimum absolute atomic E-state index is 0.726. The summed E-state index contributed by atoms with van der Waals surface area (Å²) in [6.45, 7) is 3.25. The van der Waals surface area contributed by atoms with Crippen LogP contribution in [0.4, 0.5) is 5.69 Å². The van der Waals surface area contributed by atoms with Gasteiger partial charge in [0.2, 0.25) is 0 Å². The van der Waals surface area contributed by atoms with Gasteiger partial charge in [-0.1, -0.05) is 64.0 Å². The van der Waals surface area contributed by atoms with Crippen LogP contribution in [0, 0.1) is 0 Å². The quantitative estimate of drug-likeness (QED) is 0.218. The lowest BCUT2D eigenvalue weighted by Gasteiger charge is -2.05. The predicted octanol–water partition coefficient (Wildman–Crippen LogP) is 6.78. The molecule has 2 nitrogen and oxygen atoms in total. The zero-order valence-corrected chi connectivity index (χ0v) is 15.4. The Morgan fingerprint density at radius 3 is 2.00 bits per heavy atom. The average Bonchev–Trinajstić information content (AvgIpc) is 2.62. The van der Waals surface area contributed by atoms with Gasteiger partial charge in [0.25, 0.3) is 0 Å². The number of aldehydes is 1. The van der Waals surface area contributed by atoms with Crippen LogP contribution in [0.3, 0.4) is 0 Å². The van der Waals surface area contributed by atoms with Crippen molar-refractivity contribution in [1.82, 2.24) is 0 Å². The third-order valence-electron chi connectivity index (χ3n) is 4.31. The van der Waals surface area contributed by atoms with Crippen LogP contribution in [0.15, 0.2) is 36.4 Å². The van der Waals surface area contributed by atoms with E-state index in [9.17, 15) is 4.79 Å². The van der Waals surface area contributed by atoms with E-state index in [1.54, 1.807) is 0 Å². The molecule has 0 fully saturated rings. The Kier molecular flexibility index (Phi) is 12.8. The third kappa shape index (κ3) is 11.0. The highest BCUT2D eigenvalue weighted by Crippen LogP contribution is 2.10. The van der Waals surface area contributed by atoms with Crippen LogP contribution in [0.5, 0.6) is 0 Å². The molecule has 1 aromatic carbocycles. The molecule has 0 amide bonds. The van der Waals surface area contributed by atoms with E-state index in [0.717, 1.165) is 36.9 Å². The summed E-state index contributed by atoms with van der Waals surface area (Å²) in [6, 6.07) is 7.61. The second-order valence-electron chi connectivity index (χ2n) is 6.54. The van der Waals surface area contributed by atoms with Gasteiger partial charge in [0.1, 0.15) is 6.29 Å². The molecule has 0 aliphatic heterocycles. The molecule has 0 atom stereocenters. The summed E-state index contributed by atoms with van der Waals surface area (Å²) in [4.78, 5) is 10.6. The lowest BCUT2D eigenvalue weighted by atomic mass is 10.1. The summed E-state index contributed by atoms with van der Waals surface area (Å²) in [5.74, 6) is 0. The Morgan fingerprint density at radius 2 is 1.38 bits per heavy atom. The molecule has 0 bridgehead atoms. The molecule has 0 saturated heterocycles. The van der Waals surface area contributed by atoms with Crippen LogP contribution < -0.4 is 5.32 Å². The molecule has 24 heavy (non-hydrogen) atoms. The van der Waals surface area contributed by atoms with Crippen molar-refractivity contribution in [3.05, 3.63) is 42.0 Å². The van der Waals surface area contributed by atoms with E-state index in [1.165, 1.54) is 57.8 Å². The Hall–Kier alpha value is -1.57. The fourth-order valence-electron chi connectivity index (χ4n) is 2.76. The van der Waals surface area contributed by atoms with Crippen molar-refractivity contribution in [2.45, 2.75) is 77.6 Å². The normalized spacial score (nSPS) is 11.0. The highest BCUT2D eigenvalue weighted by Gasteiger charge is 1.93. The lowest BCUT2D eigenvalue weighted by molar-refractivity contribution is 0.112. The second-order valence-corrected chi connectivity index (χ2v) is 6.54. The van der Waals surface area contributed by atoms with Crippen LogP contribution in [0.2, 0.25) is 0 Å². The first-order chi connectivity index (χ1) is 11.9. The first kappa shape index (κ1) is 20.5. The molecule has 0 saturated carbocycles. The average molecular weight is 330 g/mol. The summed E-state index contributed by atoms with van der Waals surface area (Å²) in [5.41, 5.74) is 1.81. The summed E-state index contributed by atoms with van der Waals surface area (Å²) < 4.78 is 0. The number of allylic oxidation sites excluding steroid dienone is 2. The number of hydrogen-bond acceptors (Lipinski definition) is 2. The molecule has 1 aromatic rings. The summed E-state index contributed by atoms with van der Waals surface area (Å²) in [7, 11) is 0. The number of hydrogen-bond donors (Lipinski definition) is 1. The Labute approximate surface area is 148 Å². The number of nitrogens with one attached hydrogen (secondary N) is 1. The molecule has 0 aliphatic rings. The van der Waals surface area contributed by atoms with E-state index in [0.29, 0.717) is 0 Å². The zero-order chi connectivity index (χ0) is 17.3. The Bertz CT molecular complexity index is 436. The van der Waals surface area contributed by atoms with Gasteiger partial charge in [-0.05, 0) is 49.9 Å². The van der Waals surface area contributed by atoms with E-state index in [4.69, 9.17) is 0 Å². The molecule has 0 aromatic heterocycles. The molecule has 134 valence electrons. The Morgan fingerprint density at radius 1 is 0.792 bits per heavy atom. The molecule has 1 rings (SSSR count). The second kappa shape index (κ2) is 15.0. The van der Waals surface area contributed by atoms with E-state index < -0.39 is 0 Å². The van der Waals surface area contributed by atoms with Gasteiger partial charge in [-0.25, -0.2) is 0 Å². The largest absolute Gasteiger partial charge is 0.385 e. The highest BCUT2D eigenvalue weighted by molar-refractivity contribution is 5.75. The number of benzene rings is 1. The van der Waals surface area contributed by atoms with Crippen LogP contribution >= 0.6 is 0 Å². The molecule has 0 unspecified atom stereocenters. The molecular weight excluding hydrogens is 294 g/mol. The molecule has 1 N–H and O–H groups in total. The van der Waals surface area contributed by atoms with Gasteiger partial charge in [-0.2, -0.15) is 0 Å². The van der Waals surface area contributed by atoms with Crippen molar-refractivity contribution < 1.29 is 4.79 Å². The smallest absolute Gasteiger partial charge is 0.150 e. The summed E-state index contributed by atoms with van der Waals surface area (Å²) >= 11 is 0. The van der Waals surface area contributed by atoms with Crippen LogP contribution in [0.25, 0.3) is 0 Å². The molecule has 0 aliphatic carbocycles. The van der Waals surface area contributed by atoms with Gasteiger partial charge in [0, 0.05) is 17.8 Å². The van der Waals surface area contributed by atoms with Gasteiger partial charge in [0.05, 0.1) is 0 Å². The maximum Gasteiger partial charge on any atom is 0.150 e. The van der Waals surface area contributed by atoms with Crippen LogP contribution in [0.1, 0.15) is 87.9 Å². The first-order valence-electron chi connectivity index (χ1n) is 9.81. The van der Waals surface area contributed by atoms with Crippen molar-refractivity contribution in [2.24, 2.45) is 0 Å². The first-order valence-corrected chi connectivity index (χ1v) is 9.81. The van der Waals surface area contributed by atoms with Crippen LogP contribution in [-0.4, -0.2) is 12.8 Å². The van der Waals surface area contributed by atoms with Crippen molar-refractivity contribution in [3.8, 4) is 0 Å². The number of carbonyl (C=O) groups is 1. The number of anilines is 1. The lowest BCUT2D eigenvalue weighted by Crippen LogP contribution is -2.00. The van der Waals surface area contributed by atoms with Crippen molar-refractivity contribution >= 4 is 12.0 Å². The predicted molar refractivity (Wildman–Crippen MR) is 106 cm³/mol. The zero-order valence-electron chi connectivity index (χ0n) is 15.4. The van der Waals surface area contributed by atoms with Crippen molar-refractivity contribution in [1.29, 1.82) is 0 Å². The molecule has 0 radical (unpaired) electrons. The minimum Gasteiger partial charge on any atom is -0.385 e. The number of carbonyl (C=O) groups excluding carboxylic acids is 1. The maximum atomic E-state index is 10.6. The molecular formula is C22H35NO. The third-order valence-corrected chi connectivity index (χ3v) is 4.31. The van der Waals surface area contributed by atoms with E-state index in [-0.39, 0.29) is 0 Å². The van der Waals surface area contributed by atoms with Gasteiger partial charge in [0.15, 0.2) is 0 Å². The Balaban J connectivity index is 1.88. The van der Waals surface area contributed by atoms with Crippen molar-refractivity contribution in [3.63, 3.8) is 0 Å². The number of rotatable bonds is 15. The fourth-order valence-corrected chi connectivity index (χ4v) is 2.76. The highest BCUT2D eigenvalue weighted by atomic mass is 16.1. The van der Waals surface area contributed by atoms with Crippen molar-refractivity contribution in [2.75, 3.05) is 11.9 Å². The monoisotopic (exact) mass is 329 g/mol. The minimum atomic E-state index is 0.726. The molecule has 0 spiro atoms. The van der Waals surface area contributed by atoms with E-state index >= 15 is 0 Å². The fraction of sp³-hybridized carbons (Fsp3) is 0.591. The van der Waals surface area contributed by atoms with Crippen LogP contribution in [-0.2, 0) is 0 Å². The standard InChI is InChI=1S/C22H35NO/c1-2-3-4-5-6-7-8-9-10-11-12-13-14-19-23-22-17-15-21(20-24)16-18-22/h11-12,15-18,20,23H,2-10,13-14,19H2,1H3. The maximum absolute atomic E-state index is 10.6. The van der Waals surface area contributed by atoms with Gasteiger partial charge >= 0.3 is 0 Å². The van der Waals surface area contributed by atoms with E-state index in [1.807, 2.05) is 24.3 Å². The molecule has 2 heteroatoms. The SMILES string of the molecule is CCCCCCCCCCC=CCCCNc1ccc(C=O)cc1. The summed E-state index contributed by atoms with van der Waals surface area (Å²) in [6.07, 6.45) is 20.2. The topological polar surface area (TPSA) is 29.1 Å². The van der Waals surface area contributed by atoms with Gasteiger partial charge in [-0.15, -0.1) is 0 Å². The summed E-state index contributed by atoms with van der Waals surface area (Å²) in [5, 5.41) is 3.39. The molecule has 0 heterocycles. The van der Waals surface area contributed by atoms with Gasteiger partial charge < -0.3 is 5.32 Å². The number of unbranched alkanes of at least 4 members (excludes halogenated alkanes) is 9. The van der Waals surface area contributed by atoms with Gasteiger partial charge in [-0.3, -0.25) is 4.79 Å².